The zero-order valence-electron chi connectivity index (χ0n) is 20.2. The Balaban J connectivity index is 1.66. The molecule has 0 saturated carbocycles. The van der Waals surface area contributed by atoms with Crippen molar-refractivity contribution in [2.45, 2.75) is 18.0 Å². The average molecular weight is 482 g/mol. The Labute approximate surface area is 215 Å². The van der Waals surface area contributed by atoms with Crippen LogP contribution in [0.5, 0.6) is 5.75 Å². The number of fused-ring (bicyclic) bond motifs is 5. The van der Waals surface area contributed by atoms with Crippen LogP contribution < -0.4 is 9.64 Å². The number of ketones is 1. The maximum atomic E-state index is 14.4. The number of anilines is 1. The van der Waals surface area contributed by atoms with E-state index in [1.807, 2.05) is 89.8 Å². The molecule has 6 rings (SSSR count). The molecule has 0 amide bonds. The third kappa shape index (κ3) is 3.25. The van der Waals surface area contributed by atoms with Crippen LogP contribution in [0, 0.1) is 28.1 Å². The third-order valence-electron chi connectivity index (χ3n) is 7.69. The lowest BCUT2D eigenvalue weighted by molar-refractivity contribution is 0.0951. The molecule has 0 bridgehead atoms. The first-order chi connectivity index (χ1) is 18.1. The van der Waals surface area contributed by atoms with Crippen molar-refractivity contribution >= 4 is 28.3 Å². The van der Waals surface area contributed by atoms with Gasteiger partial charge in [0.25, 0.3) is 0 Å². The van der Waals surface area contributed by atoms with Crippen molar-refractivity contribution in [3.63, 3.8) is 0 Å². The molecule has 2 heterocycles. The minimum Gasteiger partial charge on any atom is -0.497 e. The van der Waals surface area contributed by atoms with Crippen LogP contribution >= 0.6 is 0 Å². The summed E-state index contributed by atoms with van der Waals surface area (Å²) in [5.74, 6) is -0.144. The van der Waals surface area contributed by atoms with Gasteiger partial charge in [-0.25, -0.2) is 0 Å². The van der Waals surface area contributed by atoms with E-state index in [-0.39, 0.29) is 5.78 Å². The number of nitriles is 2. The number of hydrogen-bond donors (Lipinski definition) is 0. The van der Waals surface area contributed by atoms with E-state index in [4.69, 9.17) is 4.74 Å². The lowest BCUT2D eigenvalue weighted by atomic mass is 9.69. The summed E-state index contributed by atoms with van der Waals surface area (Å²) in [6, 6.07) is 32.0. The molecule has 5 heteroatoms. The van der Waals surface area contributed by atoms with E-state index in [1.165, 1.54) is 0 Å². The first-order valence-electron chi connectivity index (χ1n) is 12.2. The van der Waals surface area contributed by atoms with Crippen molar-refractivity contribution in [1.82, 2.24) is 0 Å². The zero-order valence-corrected chi connectivity index (χ0v) is 20.2. The molecule has 5 nitrogen and oxygen atoms in total. The Kier molecular flexibility index (Phi) is 5.29. The smallest absolute Gasteiger partial charge is 0.185 e. The van der Waals surface area contributed by atoms with Gasteiger partial charge < -0.3 is 9.64 Å². The van der Waals surface area contributed by atoms with Crippen LogP contribution in [0.25, 0.3) is 16.8 Å². The number of nitrogens with zero attached hydrogens (tertiary/aromatic N) is 3. The molecule has 2 aliphatic heterocycles. The van der Waals surface area contributed by atoms with Crippen molar-refractivity contribution in [2.75, 3.05) is 12.0 Å². The van der Waals surface area contributed by atoms with Crippen molar-refractivity contribution in [2.24, 2.45) is 5.41 Å². The van der Waals surface area contributed by atoms with Gasteiger partial charge >= 0.3 is 0 Å². The van der Waals surface area contributed by atoms with E-state index in [1.54, 1.807) is 19.2 Å². The summed E-state index contributed by atoms with van der Waals surface area (Å²) < 4.78 is 5.35. The standard InChI is InChI=1S/C32H23N3O2/c1-37-25-16-13-22(14-17-25)28-30(31(36)24-8-3-2-4-9-24)35-27(32(28,19-33)20-34)18-15-23-12-11-21-7-5-6-10-26(21)29(23)35/h2-18,27-28,30H,1H3/t27-,28-,30+/m1/s1. The van der Waals surface area contributed by atoms with Crippen molar-refractivity contribution < 1.29 is 9.53 Å². The quantitative estimate of drug-likeness (QED) is 0.328. The molecule has 1 saturated heterocycles. The summed E-state index contributed by atoms with van der Waals surface area (Å²) in [6.07, 6.45) is 3.89. The normalized spacial score (nSPS) is 20.9. The molecule has 0 radical (unpaired) electrons. The van der Waals surface area contributed by atoms with Crippen LogP contribution in [-0.4, -0.2) is 25.0 Å². The number of benzene rings is 4. The Morgan fingerprint density at radius 2 is 1.59 bits per heavy atom. The zero-order chi connectivity index (χ0) is 25.6. The van der Waals surface area contributed by atoms with Gasteiger partial charge in [-0.2, -0.15) is 10.5 Å². The molecule has 3 atom stereocenters. The minimum absolute atomic E-state index is 0.118. The van der Waals surface area contributed by atoms with E-state index in [9.17, 15) is 15.3 Å². The molecular weight excluding hydrogens is 458 g/mol. The first-order valence-corrected chi connectivity index (χ1v) is 12.2. The second-order valence-electron chi connectivity index (χ2n) is 9.45. The molecule has 0 spiro atoms. The number of methoxy groups -OCH3 is 1. The van der Waals surface area contributed by atoms with Crippen LogP contribution in [0.3, 0.4) is 0 Å². The molecule has 0 aromatic heterocycles. The van der Waals surface area contributed by atoms with Gasteiger partial charge in [-0.15, -0.1) is 0 Å². The maximum Gasteiger partial charge on any atom is 0.185 e. The Hall–Kier alpha value is -4.87. The predicted molar refractivity (Wildman–Crippen MR) is 143 cm³/mol. The summed E-state index contributed by atoms with van der Waals surface area (Å²) in [7, 11) is 1.59. The van der Waals surface area contributed by atoms with Crippen LogP contribution in [0.2, 0.25) is 0 Å². The van der Waals surface area contributed by atoms with Gasteiger partial charge in [-0.05, 0) is 28.6 Å². The molecule has 0 N–H and O–H groups in total. The summed E-state index contributed by atoms with van der Waals surface area (Å²) in [4.78, 5) is 16.4. The van der Waals surface area contributed by atoms with Gasteiger partial charge in [0.1, 0.15) is 11.8 Å². The molecular formula is C32H23N3O2. The molecule has 37 heavy (non-hydrogen) atoms. The SMILES string of the molecule is COc1ccc([C@@H]2[C@@H](C(=O)c3ccccc3)N3c4c(ccc5ccccc45)C=C[C@@H]3C2(C#N)C#N)cc1. The molecule has 0 unspecified atom stereocenters. The summed E-state index contributed by atoms with van der Waals surface area (Å²) >= 11 is 0. The molecule has 2 aliphatic rings. The fourth-order valence-electron chi connectivity index (χ4n) is 6.00. The number of hydrogen-bond acceptors (Lipinski definition) is 5. The van der Waals surface area contributed by atoms with E-state index in [0.717, 1.165) is 27.6 Å². The van der Waals surface area contributed by atoms with Gasteiger partial charge in [-0.3, -0.25) is 4.79 Å². The predicted octanol–water partition coefficient (Wildman–Crippen LogP) is 6.13. The maximum absolute atomic E-state index is 14.4. The number of ether oxygens (including phenoxy) is 1. The highest BCUT2D eigenvalue weighted by Gasteiger charge is 2.63. The van der Waals surface area contributed by atoms with E-state index < -0.39 is 23.4 Å². The topological polar surface area (TPSA) is 77.1 Å². The fraction of sp³-hybridized carbons (Fsp3) is 0.156. The molecule has 4 aromatic carbocycles. The van der Waals surface area contributed by atoms with E-state index >= 15 is 0 Å². The van der Waals surface area contributed by atoms with E-state index in [0.29, 0.717) is 11.3 Å². The van der Waals surface area contributed by atoms with Crippen LogP contribution in [0.4, 0.5) is 5.69 Å². The van der Waals surface area contributed by atoms with Gasteiger partial charge in [0.2, 0.25) is 0 Å². The van der Waals surface area contributed by atoms with Crippen LogP contribution in [0.1, 0.15) is 27.4 Å². The van der Waals surface area contributed by atoms with Crippen molar-refractivity contribution in [3.05, 3.63) is 114 Å². The Morgan fingerprint density at radius 3 is 2.30 bits per heavy atom. The third-order valence-corrected chi connectivity index (χ3v) is 7.69. The Bertz CT molecular complexity index is 1610. The average Bonchev–Trinajstić information content (AvgIpc) is 3.27. The molecule has 178 valence electrons. The highest BCUT2D eigenvalue weighted by Crippen LogP contribution is 2.56. The van der Waals surface area contributed by atoms with E-state index in [2.05, 4.69) is 18.2 Å². The van der Waals surface area contributed by atoms with Crippen LogP contribution in [-0.2, 0) is 0 Å². The molecule has 0 aliphatic carbocycles. The van der Waals surface area contributed by atoms with Gasteiger partial charge in [-0.1, -0.05) is 91.0 Å². The van der Waals surface area contributed by atoms with Crippen LogP contribution in [0.15, 0.2) is 97.1 Å². The van der Waals surface area contributed by atoms with Gasteiger partial charge in [0.05, 0.1) is 31.0 Å². The van der Waals surface area contributed by atoms with Crippen molar-refractivity contribution in [3.8, 4) is 17.9 Å². The van der Waals surface area contributed by atoms with Gasteiger partial charge in [0, 0.05) is 16.9 Å². The second-order valence-corrected chi connectivity index (χ2v) is 9.45. The fourth-order valence-corrected chi connectivity index (χ4v) is 6.00. The lowest BCUT2D eigenvalue weighted by Crippen LogP contribution is -2.44. The van der Waals surface area contributed by atoms with Gasteiger partial charge in [0.15, 0.2) is 11.2 Å². The number of carbonyl (C=O) groups excluding carboxylic acids is 1. The highest BCUT2D eigenvalue weighted by molar-refractivity contribution is 6.08. The second kappa shape index (κ2) is 8.66. The summed E-state index contributed by atoms with van der Waals surface area (Å²) in [5, 5.41) is 23.3. The largest absolute Gasteiger partial charge is 0.497 e. The first kappa shape index (κ1) is 22.6. The number of Topliss-reactive ketones (excluding diaryl/α,β-unsaturated/α-hetero) is 1. The van der Waals surface area contributed by atoms with Crippen molar-refractivity contribution in [1.29, 1.82) is 10.5 Å². The summed E-state index contributed by atoms with van der Waals surface area (Å²) in [5.41, 5.74) is 1.65. The number of rotatable bonds is 4. The lowest BCUT2D eigenvalue weighted by Gasteiger charge is -2.36. The Morgan fingerprint density at radius 1 is 0.892 bits per heavy atom. The monoisotopic (exact) mass is 481 g/mol. The molecule has 4 aromatic rings. The molecule has 1 fully saturated rings. The highest BCUT2D eigenvalue weighted by atomic mass is 16.5. The number of carbonyl (C=O) groups is 1. The summed E-state index contributed by atoms with van der Waals surface area (Å²) in [6.45, 7) is 0. The minimum atomic E-state index is -1.49.